The van der Waals surface area contributed by atoms with Gasteiger partial charge in [0.2, 0.25) is 5.95 Å². The fourth-order valence-electron chi connectivity index (χ4n) is 1.23. The number of hydrogen-bond acceptors (Lipinski definition) is 3. The average molecular weight is 208 g/mol. The number of fused-ring (bicyclic) bond motifs is 1. The summed E-state index contributed by atoms with van der Waals surface area (Å²) in [7, 11) is 0. The molecule has 2 aromatic rings. The molecule has 80 valence electrons. The SMILES string of the molecule is CC(C)CNc1nc2ccc(F)cn2n1. The van der Waals surface area contributed by atoms with E-state index in [-0.39, 0.29) is 5.82 Å². The molecule has 0 saturated carbocycles. The summed E-state index contributed by atoms with van der Waals surface area (Å²) in [6, 6.07) is 2.97. The standard InChI is InChI=1S/C10H13FN4/c1-7(2)5-12-10-13-9-4-3-8(11)6-15(9)14-10/h3-4,6-7H,5H2,1-2H3,(H,12,14). The van der Waals surface area contributed by atoms with E-state index in [1.165, 1.54) is 16.8 Å². The van der Waals surface area contributed by atoms with Gasteiger partial charge in [0.05, 0.1) is 6.20 Å². The zero-order valence-electron chi connectivity index (χ0n) is 8.74. The van der Waals surface area contributed by atoms with Gasteiger partial charge in [-0.15, -0.1) is 5.10 Å². The van der Waals surface area contributed by atoms with E-state index in [4.69, 9.17) is 0 Å². The maximum absolute atomic E-state index is 12.9. The highest BCUT2D eigenvalue weighted by Crippen LogP contribution is 2.07. The molecule has 4 nitrogen and oxygen atoms in total. The minimum absolute atomic E-state index is 0.317. The van der Waals surface area contributed by atoms with Gasteiger partial charge in [-0.1, -0.05) is 13.8 Å². The Bertz CT molecular complexity index is 463. The first-order valence-corrected chi connectivity index (χ1v) is 4.91. The summed E-state index contributed by atoms with van der Waals surface area (Å²) in [4.78, 5) is 4.20. The smallest absolute Gasteiger partial charge is 0.243 e. The van der Waals surface area contributed by atoms with Crippen LogP contribution in [0, 0.1) is 11.7 Å². The maximum atomic E-state index is 12.9. The van der Waals surface area contributed by atoms with Crippen molar-refractivity contribution >= 4 is 11.6 Å². The molecule has 2 rings (SSSR count). The summed E-state index contributed by atoms with van der Waals surface area (Å²) < 4.78 is 14.3. The lowest BCUT2D eigenvalue weighted by atomic mass is 10.2. The minimum atomic E-state index is -0.317. The fraction of sp³-hybridized carbons (Fsp3) is 0.400. The molecule has 2 aromatic heterocycles. The lowest BCUT2D eigenvalue weighted by Gasteiger charge is -2.03. The number of rotatable bonds is 3. The zero-order chi connectivity index (χ0) is 10.8. The van der Waals surface area contributed by atoms with Crippen LogP contribution in [-0.4, -0.2) is 21.1 Å². The van der Waals surface area contributed by atoms with Gasteiger partial charge in [0.25, 0.3) is 0 Å². The molecule has 0 aliphatic carbocycles. The zero-order valence-corrected chi connectivity index (χ0v) is 8.74. The molecular formula is C10H13FN4. The molecule has 0 aliphatic heterocycles. The van der Waals surface area contributed by atoms with Crippen LogP contribution in [0.1, 0.15) is 13.8 Å². The lowest BCUT2D eigenvalue weighted by molar-refractivity contribution is 0.614. The molecule has 15 heavy (non-hydrogen) atoms. The highest BCUT2D eigenvalue weighted by molar-refractivity contribution is 5.42. The Labute approximate surface area is 87.1 Å². The second-order valence-corrected chi connectivity index (χ2v) is 3.86. The average Bonchev–Trinajstić information content (AvgIpc) is 2.56. The number of nitrogens with zero attached hydrogens (tertiary/aromatic N) is 3. The molecule has 0 bridgehead atoms. The van der Waals surface area contributed by atoms with E-state index in [9.17, 15) is 4.39 Å². The molecule has 2 heterocycles. The van der Waals surface area contributed by atoms with Crippen molar-refractivity contribution in [2.45, 2.75) is 13.8 Å². The Hall–Kier alpha value is -1.65. The van der Waals surface area contributed by atoms with Crippen LogP contribution >= 0.6 is 0 Å². The van der Waals surface area contributed by atoms with Crippen LogP contribution in [0.2, 0.25) is 0 Å². The van der Waals surface area contributed by atoms with Crippen molar-refractivity contribution in [3.05, 3.63) is 24.1 Å². The third-order valence-electron chi connectivity index (χ3n) is 1.96. The largest absolute Gasteiger partial charge is 0.353 e. The van der Waals surface area contributed by atoms with Crippen LogP contribution in [0.4, 0.5) is 10.3 Å². The number of anilines is 1. The van der Waals surface area contributed by atoms with Gasteiger partial charge in [-0.3, -0.25) is 0 Å². The predicted octanol–water partition coefficient (Wildman–Crippen LogP) is 1.94. The molecule has 5 heteroatoms. The molecule has 0 fully saturated rings. The van der Waals surface area contributed by atoms with Crippen LogP contribution < -0.4 is 5.32 Å². The lowest BCUT2D eigenvalue weighted by Crippen LogP contribution is -2.09. The highest BCUT2D eigenvalue weighted by Gasteiger charge is 2.03. The number of pyridine rings is 1. The molecule has 0 atom stereocenters. The van der Waals surface area contributed by atoms with E-state index in [0.29, 0.717) is 17.5 Å². The monoisotopic (exact) mass is 208 g/mol. The van der Waals surface area contributed by atoms with Gasteiger partial charge in [0.1, 0.15) is 5.82 Å². The third kappa shape index (κ3) is 2.23. The van der Waals surface area contributed by atoms with Crippen LogP contribution in [0.5, 0.6) is 0 Å². The van der Waals surface area contributed by atoms with Gasteiger partial charge in [0.15, 0.2) is 5.65 Å². The summed E-state index contributed by atoms with van der Waals surface area (Å²) in [5.41, 5.74) is 0.641. The molecule has 0 aliphatic rings. The van der Waals surface area contributed by atoms with E-state index in [0.717, 1.165) is 6.54 Å². The topological polar surface area (TPSA) is 42.2 Å². The van der Waals surface area contributed by atoms with E-state index >= 15 is 0 Å². The summed E-state index contributed by atoms with van der Waals surface area (Å²) >= 11 is 0. The molecule has 0 saturated heterocycles. The first-order chi connectivity index (χ1) is 7.15. The molecule has 0 radical (unpaired) electrons. The van der Waals surface area contributed by atoms with Gasteiger partial charge in [-0.2, -0.15) is 4.98 Å². The Morgan fingerprint density at radius 1 is 1.47 bits per heavy atom. The van der Waals surface area contributed by atoms with E-state index in [1.54, 1.807) is 6.07 Å². The quantitative estimate of drug-likeness (QED) is 0.838. The number of nitrogens with one attached hydrogen (secondary N) is 1. The van der Waals surface area contributed by atoms with E-state index in [2.05, 4.69) is 29.2 Å². The number of hydrogen-bond donors (Lipinski definition) is 1. The number of aromatic nitrogens is 3. The molecule has 0 aromatic carbocycles. The van der Waals surface area contributed by atoms with Crippen molar-refractivity contribution in [3.8, 4) is 0 Å². The van der Waals surface area contributed by atoms with Crippen molar-refractivity contribution in [1.29, 1.82) is 0 Å². The van der Waals surface area contributed by atoms with Crippen molar-refractivity contribution in [1.82, 2.24) is 14.6 Å². The van der Waals surface area contributed by atoms with Crippen molar-refractivity contribution < 1.29 is 4.39 Å². The molecule has 0 spiro atoms. The van der Waals surface area contributed by atoms with Crippen molar-refractivity contribution in [2.75, 3.05) is 11.9 Å². The molecule has 0 unspecified atom stereocenters. The normalized spacial score (nSPS) is 11.2. The first-order valence-electron chi connectivity index (χ1n) is 4.91. The summed E-state index contributed by atoms with van der Waals surface area (Å²) in [5, 5.41) is 7.19. The second kappa shape index (κ2) is 3.84. The van der Waals surface area contributed by atoms with E-state index < -0.39 is 0 Å². The third-order valence-corrected chi connectivity index (χ3v) is 1.96. The Kier molecular flexibility index (Phi) is 2.53. The van der Waals surface area contributed by atoms with Crippen LogP contribution in [0.3, 0.4) is 0 Å². The van der Waals surface area contributed by atoms with Gasteiger partial charge in [-0.25, -0.2) is 8.91 Å². The van der Waals surface area contributed by atoms with Crippen LogP contribution in [0.15, 0.2) is 18.3 Å². The van der Waals surface area contributed by atoms with E-state index in [1.807, 2.05) is 0 Å². The molecule has 0 amide bonds. The Morgan fingerprint density at radius 3 is 3.00 bits per heavy atom. The van der Waals surface area contributed by atoms with Crippen molar-refractivity contribution in [2.24, 2.45) is 5.92 Å². The maximum Gasteiger partial charge on any atom is 0.243 e. The van der Waals surface area contributed by atoms with Crippen molar-refractivity contribution in [3.63, 3.8) is 0 Å². The minimum Gasteiger partial charge on any atom is -0.353 e. The van der Waals surface area contributed by atoms with Gasteiger partial charge in [-0.05, 0) is 18.1 Å². The second-order valence-electron chi connectivity index (χ2n) is 3.86. The molecular weight excluding hydrogens is 195 g/mol. The summed E-state index contributed by atoms with van der Waals surface area (Å²) in [5.74, 6) is 0.741. The summed E-state index contributed by atoms with van der Waals surface area (Å²) in [6.45, 7) is 5.00. The van der Waals surface area contributed by atoms with Gasteiger partial charge in [0, 0.05) is 6.54 Å². The van der Waals surface area contributed by atoms with Crippen LogP contribution in [0.25, 0.3) is 5.65 Å². The Morgan fingerprint density at radius 2 is 2.27 bits per heavy atom. The van der Waals surface area contributed by atoms with Gasteiger partial charge >= 0.3 is 0 Å². The Balaban J connectivity index is 2.23. The molecule has 1 N–H and O–H groups in total. The summed E-state index contributed by atoms with van der Waals surface area (Å²) in [6.07, 6.45) is 1.31. The first kappa shape index (κ1) is 9.89. The van der Waals surface area contributed by atoms with Crippen LogP contribution in [-0.2, 0) is 0 Å². The number of halogens is 1. The van der Waals surface area contributed by atoms with Gasteiger partial charge < -0.3 is 5.32 Å². The predicted molar refractivity (Wildman–Crippen MR) is 56.3 cm³/mol. The highest BCUT2D eigenvalue weighted by atomic mass is 19.1. The fourth-order valence-corrected chi connectivity index (χ4v) is 1.23.